The van der Waals surface area contributed by atoms with E-state index in [0.29, 0.717) is 5.57 Å². The van der Waals surface area contributed by atoms with Crippen LogP contribution < -0.4 is 5.32 Å². The predicted octanol–water partition coefficient (Wildman–Crippen LogP) is 0.617. The first kappa shape index (κ1) is 15.6. The monoisotopic (exact) mass is 287 g/mol. The van der Waals surface area contributed by atoms with E-state index in [4.69, 9.17) is 0 Å². The first-order chi connectivity index (χ1) is 8.99. The number of nitrogens with one attached hydrogen (secondary N) is 1. The minimum atomic E-state index is -0.582. The lowest BCUT2D eigenvalue weighted by Gasteiger charge is -2.19. The van der Waals surface area contributed by atoms with E-state index in [2.05, 4.69) is 14.8 Å². The van der Waals surface area contributed by atoms with Crippen molar-refractivity contribution in [2.45, 2.75) is 31.6 Å². The van der Waals surface area contributed by atoms with Crippen LogP contribution in [0.15, 0.2) is 11.0 Å². The van der Waals surface area contributed by atoms with Gasteiger partial charge >= 0.3 is 11.9 Å². The third kappa shape index (κ3) is 4.27. The van der Waals surface area contributed by atoms with Crippen molar-refractivity contribution in [2.24, 2.45) is 0 Å². The molecule has 1 N–H and O–H groups in total. The summed E-state index contributed by atoms with van der Waals surface area (Å²) in [7, 11) is 1.29. The molecule has 0 spiro atoms. The van der Waals surface area contributed by atoms with Gasteiger partial charge in [-0.3, -0.25) is 9.59 Å². The summed E-state index contributed by atoms with van der Waals surface area (Å²) in [6.45, 7) is 3.78. The first-order valence-electron chi connectivity index (χ1n) is 5.88. The summed E-state index contributed by atoms with van der Waals surface area (Å²) < 4.78 is 9.34. The van der Waals surface area contributed by atoms with Gasteiger partial charge in [-0.15, -0.1) is 11.8 Å². The Morgan fingerprint density at radius 1 is 1.42 bits per heavy atom. The highest BCUT2D eigenvalue weighted by Crippen LogP contribution is 2.30. The quantitative estimate of drug-likeness (QED) is 0.589. The predicted molar refractivity (Wildman–Crippen MR) is 70.3 cm³/mol. The molecule has 0 radical (unpaired) electrons. The molecule has 0 saturated heterocycles. The molecule has 1 heterocycles. The van der Waals surface area contributed by atoms with Crippen molar-refractivity contribution in [3.63, 3.8) is 0 Å². The molecule has 0 bridgehead atoms. The van der Waals surface area contributed by atoms with Crippen molar-refractivity contribution >= 4 is 29.6 Å². The number of thioether (sulfide) groups is 1. The highest BCUT2D eigenvalue weighted by molar-refractivity contribution is 8.03. The number of carbonyl (C=O) groups excluding carboxylic acids is 3. The Morgan fingerprint density at radius 3 is 2.68 bits per heavy atom. The van der Waals surface area contributed by atoms with Crippen LogP contribution in [-0.4, -0.2) is 42.9 Å². The molecule has 0 fully saturated rings. The van der Waals surface area contributed by atoms with Gasteiger partial charge in [-0.1, -0.05) is 6.92 Å². The van der Waals surface area contributed by atoms with Gasteiger partial charge in [0.05, 0.1) is 25.3 Å². The van der Waals surface area contributed by atoms with Gasteiger partial charge in [0, 0.05) is 5.25 Å². The van der Waals surface area contributed by atoms with Crippen molar-refractivity contribution in [3.8, 4) is 0 Å². The molecule has 1 amide bonds. The molecule has 7 heteroatoms. The van der Waals surface area contributed by atoms with Crippen LogP contribution in [0.25, 0.3) is 0 Å². The summed E-state index contributed by atoms with van der Waals surface area (Å²) in [4.78, 5) is 34.4. The highest BCUT2D eigenvalue weighted by Gasteiger charge is 2.33. The van der Waals surface area contributed by atoms with Gasteiger partial charge in [-0.2, -0.15) is 0 Å². The molecule has 0 aromatic heterocycles. The van der Waals surface area contributed by atoms with Crippen LogP contribution in [0.1, 0.15) is 20.3 Å². The molecular weight excluding hydrogens is 270 g/mol. The smallest absolute Gasteiger partial charge is 0.336 e. The summed E-state index contributed by atoms with van der Waals surface area (Å²) in [6.07, 6.45) is -0.351. The minimum Gasteiger partial charge on any atom is -0.466 e. The van der Waals surface area contributed by atoms with Gasteiger partial charge in [-0.25, -0.2) is 4.79 Å². The molecule has 19 heavy (non-hydrogen) atoms. The average molecular weight is 287 g/mol. The van der Waals surface area contributed by atoms with E-state index < -0.39 is 23.9 Å². The molecule has 0 aromatic carbocycles. The molecule has 1 aliphatic heterocycles. The fourth-order valence-corrected chi connectivity index (χ4v) is 2.62. The van der Waals surface area contributed by atoms with Crippen LogP contribution in [0.3, 0.4) is 0 Å². The fraction of sp³-hybridized carbons (Fsp3) is 0.583. The summed E-state index contributed by atoms with van der Waals surface area (Å²) in [5, 5.41) is 4.34. The number of hydrogen-bond acceptors (Lipinski definition) is 6. The number of carbonyl (C=O) groups is 3. The van der Waals surface area contributed by atoms with E-state index in [1.165, 1.54) is 18.9 Å². The second-order valence-corrected chi connectivity index (χ2v) is 5.18. The zero-order valence-electron chi connectivity index (χ0n) is 11.1. The molecular formula is C12H17NO5S. The number of methoxy groups -OCH3 is 1. The molecule has 106 valence electrons. The summed E-state index contributed by atoms with van der Waals surface area (Å²) in [5.74, 6) is -1.52. The molecule has 0 aliphatic carbocycles. The maximum atomic E-state index is 11.7. The molecule has 6 nitrogen and oxygen atoms in total. The number of amides is 1. The normalized spacial score (nSPS) is 21.5. The van der Waals surface area contributed by atoms with E-state index in [0.717, 1.165) is 0 Å². The maximum Gasteiger partial charge on any atom is 0.336 e. The molecule has 2 atom stereocenters. The van der Waals surface area contributed by atoms with E-state index in [9.17, 15) is 14.4 Å². The summed E-state index contributed by atoms with van der Waals surface area (Å²) in [6, 6.07) is -0.445. The Hall–Kier alpha value is -1.50. The van der Waals surface area contributed by atoms with Gasteiger partial charge in [0.15, 0.2) is 0 Å². The number of rotatable bonds is 5. The number of ether oxygens (including phenoxy) is 2. The third-order valence-corrected chi connectivity index (χ3v) is 3.65. The maximum absolute atomic E-state index is 11.7. The van der Waals surface area contributed by atoms with Gasteiger partial charge in [0.2, 0.25) is 5.91 Å². The van der Waals surface area contributed by atoms with Crippen molar-refractivity contribution in [1.29, 1.82) is 0 Å². The topological polar surface area (TPSA) is 81.7 Å². The van der Waals surface area contributed by atoms with Crippen molar-refractivity contribution < 1.29 is 23.9 Å². The van der Waals surface area contributed by atoms with E-state index >= 15 is 0 Å². The van der Waals surface area contributed by atoms with Gasteiger partial charge in [0.1, 0.15) is 6.42 Å². The third-order valence-electron chi connectivity index (χ3n) is 2.56. The summed E-state index contributed by atoms with van der Waals surface area (Å²) >= 11 is 1.43. The van der Waals surface area contributed by atoms with Gasteiger partial charge < -0.3 is 14.8 Å². The van der Waals surface area contributed by atoms with Crippen LogP contribution in [0.2, 0.25) is 0 Å². The molecule has 2 unspecified atom stereocenters. The van der Waals surface area contributed by atoms with Crippen molar-refractivity contribution in [2.75, 3.05) is 13.7 Å². The zero-order chi connectivity index (χ0) is 14.4. The molecule has 0 saturated carbocycles. The Morgan fingerprint density at radius 2 is 2.11 bits per heavy atom. The van der Waals surface area contributed by atoms with E-state index in [1.807, 2.05) is 6.92 Å². The molecule has 1 aliphatic rings. The van der Waals surface area contributed by atoms with E-state index in [-0.39, 0.29) is 18.3 Å². The van der Waals surface area contributed by atoms with Crippen LogP contribution in [0, 0.1) is 0 Å². The van der Waals surface area contributed by atoms with Crippen molar-refractivity contribution in [3.05, 3.63) is 11.0 Å². The number of esters is 2. The Labute approximate surface area is 115 Å². The zero-order valence-corrected chi connectivity index (χ0v) is 11.9. The molecule has 1 rings (SSSR count). The van der Waals surface area contributed by atoms with E-state index in [1.54, 1.807) is 12.3 Å². The lowest BCUT2D eigenvalue weighted by atomic mass is 10.1. The van der Waals surface area contributed by atoms with Crippen molar-refractivity contribution in [1.82, 2.24) is 5.32 Å². The highest BCUT2D eigenvalue weighted by atomic mass is 32.2. The van der Waals surface area contributed by atoms with Crippen LogP contribution in [0.5, 0.6) is 0 Å². The fourth-order valence-electron chi connectivity index (χ4n) is 1.64. The SMILES string of the molecule is CCOC(=O)CC(=O)NC1C(C(=O)OC)=CSC1C. The standard InChI is InChI=1S/C12H17NO5S/c1-4-18-10(15)5-9(14)13-11-7(2)19-6-8(11)12(16)17-3/h6-7,11H,4-5H2,1-3H3,(H,13,14). The minimum absolute atomic E-state index is 0.0141. The summed E-state index contributed by atoms with van der Waals surface area (Å²) in [5.41, 5.74) is 0.400. The lowest BCUT2D eigenvalue weighted by molar-refractivity contribution is -0.146. The number of hydrogen-bond donors (Lipinski definition) is 1. The second kappa shape index (κ2) is 7.18. The molecule has 0 aromatic rings. The van der Waals surface area contributed by atoms with Gasteiger partial charge in [0.25, 0.3) is 0 Å². The van der Waals surface area contributed by atoms with Crippen LogP contribution in [0.4, 0.5) is 0 Å². The second-order valence-electron chi connectivity index (χ2n) is 3.93. The van der Waals surface area contributed by atoms with Gasteiger partial charge in [-0.05, 0) is 12.3 Å². The largest absolute Gasteiger partial charge is 0.466 e. The first-order valence-corrected chi connectivity index (χ1v) is 6.82. The average Bonchev–Trinajstić information content (AvgIpc) is 2.70. The van der Waals surface area contributed by atoms with Crippen LogP contribution >= 0.6 is 11.8 Å². The Kier molecular flexibility index (Phi) is 5.88. The lowest BCUT2D eigenvalue weighted by Crippen LogP contribution is -2.42. The Balaban J connectivity index is 2.59. The Bertz CT molecular complexity index is 407. The van der Waals surface area contributed by atoms with Crippen LogP contribution in [-0.2, 0) is 23.9 Å².